The van der Waals surface area contributed by atoms with Crippen molar-refractivity contribution in [2.24, 2.45) is 0 Å². The van der Waals surface area contributed by atoms with Crippen LogP contribution in [0.15, 0.2) is 48.5 Å². The van der Waals surface area contributed by atoms with Crippen LogP contribution in [0.1, 0.15) is 32.8 Å². The van der Waals surface area contributed by atoms with Gasteiger partial charge in [-0.25, -0.2) is 4.39 Å². The van der Waals surface area contributed by atoms with E-state index in [0.717, 1.165) is 30.0 Å². The van der Waals surface area contributed by atoms with E-state index in [4.69, 9.17) is 0 Å². The zero-order valence-electron chi connectivity index (χ0n) is 16.7. The van der Waals surface area contributed by atoms with Gasteiger partial charge < -0.3 is 15.1 Å². The molecule has 0 aliphatic heterocycles. The minimum atomic E-state index is -0.315. The summed E-state index contributed by atoms with van der Waals surface area (Å²) in [5, 5.41) is 2.86. The first-order valence-electron chi connectivity index (χ1n) is 9.57. The first-order valence-corrected chi connectivity index (χ1v) is 9.57. The zero-order valence-corrected chi connectivity index (χ0v) is 16.7. The normalized spacial score (nSPS) is 10.4. The van der Waals surface area contributed by atoms with Crippen LogP contribution in [0.4, 0.5) is 15.8 Å². The van der Waals surface area contributed by atoms with Crippen LogP contribution in [-0.4, -0.2) is 36.3 Å². The Kier molecular flexibility index (Phi) is 7.99. The fourth-order valence-electron chi connectivity index (χ4n) is 2.96. The van der Waals surface area contributed by atoms with Crippen LogP contribution in [0.2, 0.25) is 0 Å². The van der Waals surface area contributed by atoms with Gasteiger partial charge >= 0.3 is 0 Å². The third-order valence-electron chi connectivity index (χ3n) is 4.62. The van der Waals surface area contributed by atoms with Gasteiger partial charge in [0, 0.05) is 50.9 Å². The van der Waals surface area contributed by atoms with Crippen molar-refractivity contribution in [2.75, 3.05) is 29.9 Å². The maximum atomic E-state index is 13.0. The number of nitrogens with one attached hydrogen (secondary N) is 1. The van der Waals surface area contributed by atoms with E-state index in [1.807, 2.05) is 24.3 Å². The van der Waals surface area contributed by atoms with E-state index in [-0.39, 0.29) is 24.1 Å². The lowest BCUT2D eigenvalue weighted by Crippen LogP contribution is -2.31. The summed E-state index contributed by atoms with van der Waals surface area (Å²) in [6.07, 6.45) is 0.193. The maximum Gasteiger partial charge on any atom is 0.226 e. The second kappa shape index (κ2) is 10.4. The molecule has 0 radical (unpaired) electrons. The molecule has 0 unspecified atom stereocenters. The van der Waals surface area contributed by atoms with Gasteiger partial charge in [-0.15, -0.1) is 0 Å². The van der Waals surface area contributed by atoms with Gasteiger partial charge in [0.25, 0.3) is 0 Å². The van der Waals surface area contributed by atoms with Crippen molar-refractivity contribution in [3.05, 3.63) is 59.9 Å². The summed E-state index contributed by atoms with van der Waals surface area (Å²) >= 11 is 0. The molecule has 28 heavy (non-hydrogen) atoms. The van der Waals surface area contributed by atoms with Gasteiger partial charge in [0.05, 0.1) is 0 Å². The molecular formula is C22H28FN3O2. The highest BCUT2D eigenvalue weighted by molar-refractivity contribution is 5.91. The quantitative estimate of drug-likeness (QED) is 0.709. The maximum absolute atomic E-state index is 13.0. The molecule has 0 saturated heterocycles. The molecule has 2 rings (SSSR count). The standard InChI is InChI=1S/C22H28FN3O2/c1-4-25(5-2)21-12-10-20(11-13-21)24-22(28)14-15-26(17(3)27)16-18-6-8-19(23)9-7-18/h6-13H,4-5,14-16H2,1-3H3,(H,24,28). The highest BCUT2D eigenvalue weighted by Gasteiger charge is 2.12. The molecule has 5 nitrogen and oxygen atoms in total. The highest BCUT2D eigenvalue weighted by atomic mass is 19.1. The number of hydrogen-bond acceptors (Lipinski definition) is 3. The largest absolute Gasteiger partial charge is 0.372 e. The molecule has 0 atom stereocenters. The van der Waals surface area contributed by atoms with Crippen molar-refractivity contribution in [3.8, 4) is 0 Å². The molecule has 2 amide bonds. The smallest absolute Gasteiger partial charge is 0.226 e. The van der Waals surface area contributed by atoms with Crippen LogP contribution in [0.5, 0.6) is 0 Å². The second-order valence-corrected chi connectivity index (χ2v) is 6.58. The van der Waals surface area contributed by atoms with Crippen molar-refractivity contribution in [2.45, 2.75) is 33.7 Å². The fourth-order valence-corrected chi connectivity index (χ4v) is 2.96. The molecule has 2 aromatic carbocycles. The number of carbonyl (C=O) groups excluding carboxylic acids is 2. The molecule has 1 N–H and O–H groups in total. The van der Waals surface area contributed by atoms with Crippen LogP contribution >= 0.6 is 0 Å². The monoisotopic (exact) mass is 385 g/mol. The van der Waals surface area contributed by atoms with Gasteiger partial charge in [-0.2, -0.15) is 0 Å². The van der Waals surface area contributed by atoms with Crippen LogP contribution in [-0.2, 0) is 16.1 Å². The molecule has 6 heteroatoms. The number of rotatable bonds is 9. The van der Waals surface area contributed by atoms with Gasteiger partial charge in [-0.1, -0.05) is 12.1 Å². The van der Waals surface area contributed by atoms with E-state index in [9.17, 15) is 14.0 Å². The highest BCUT2D eigenvalue weighted by Crippen LogP contribution is 2.18. The summed E-state index contributed by atoms with van der Waals surface area (Å²) in [7, 11) is 0. The van der Waals surface area contributed by atoms with Crippen LogP contribution in [0.25, 0.3) is 0 Å². The predicted octanol–water partition coefficient (Wildman–Crippen LogP) is 4.05. The zero-order chi connectivity index (χ0) is 20.5. The summed E-state index contributed by atoms with van der Waals surface area (Å²) < 4.78 is 13.0. The third kappa shape index (κ3) is 6.37. The fraction of sp³-hybridized carbons (Fsp3) is 0.364. The molecule has 2 aromatic rings. The molecule has 0 aliphatic carbocycles. The summed E-state index contributed by atoms with van der Waals surface area (Å²) in [5.74, 6) is -0.592. The van der Waals surface area contributed by atoms with Crippen molar-refractivity contribution in [1.82, 2.24) is 4.90 Å². The molecule has 150 valence electrons. The van der Waals surface area contributed by atoms with E-state index >= 15 is 0 Å². The average molecular weight is 385 g/mol. The Hall–Kier alpha value is -2.89. The Bertz CT molecular complexity index is 771. The van der Waals surface area contributed by atoms with Crippen LogP contribution < -0.4 is 10.2 Å². The Morgan fingerprint density at radius 2 is 1.57 bits per heavy atom. The molecule has 0 heterocycles. The third-order valence-corrected chi connectivity index (χ3v) is 4.62. The van der Waals surface area contributed by atoms with E-state index in [2.05, 4.69) is 24.1 Å². The average Bonchev–Trinajstić information content (AvgIpc) is 2.68. The number of hydrogen-bond donors (Lipinski definition) is 1. The summed E-state index contributed by atoms with van der Waals surface area (Å²) in [4.78, 5) is 27.9. The van der Waals surface area contributed by atoms with Gasteiger partial charge in [0.2, 0.25) is 11.8 Å². The summed E-state index contributed by atoms with van der Waals surface area (Å²) in [5.41, 5.74) is 2.67. The van der Waals surface area contributed by atoms with Crippen LogP contribution in [0.3, 0.4) is 0 Å². The molecular weight excluding hydrogens is 357 g/mol. The number of anilines is 2. The van der Waals surface area contributed by atoms with E-state index in [1.165, 1.54) is 19.1 Å². The van der Waals surface area contributed by atoms with Crippen molar-refractivity contribution >= 4 is 23.2 Å². The van der Waals surface area contributed by atoms with E-state index in [1.54, 1.807) is 17.0 Å². The lowest BCUT2D eigenvalue weighted by molar-refractivity contribution is -0.129. The SMILES string of the molecule is CCN(CC)c1ccc(NC(=O)CCN(Cc2ccc(F)cc2)C(C)=O)cc1. The lowest BCUT2D eigenvalue weighted by Gasteiger charge is -2.22. The van der Waals surface area contributed by atoms with Crippen molar-refractivity contribution < 1.29 is 14.0 Å². The number of halogens is 1. The van der Waals surface area contributed by atoms with Gasteiger partial charge in [0.1, 0.15) is 5.82 Å². The van der Waals surface area contributed by atoms with Gasteiger partial charge in [0.15, 0.2) is 0 Å². The molecule has 0 fully saturated rings. The second-order valence-electron chi connectivity index (χ2n) is 6.58. The van der Waals surface area contributed by atoms with E-state index < -0.39 is 0 Å². The van der Waals surface area contributed by atoms with Gasteiger partial charge in [-0.3, -0.25) is 9.59 Å². The van der Waals surface area contributed by atoms with Crippen molar-refractivity contribution in [1.29, 1.82) is 0 Å². The Balaban J connectivity index is 1.88. The minimum Gasteiger partial charge on any atom is -0.372 e. The summed E-state index contributed by atoms with van der Waals surface area (Å²) in [6.45, 7) is 8.18. The molecule has 0 bridgehead atoms. The lowest BCUT2D eigenvalue weighted by atomic mass is 10.2. The first kappa shape index (κ1) is 21.4. The molecule has 0 aromatic heterocycles. The summed E-state index contributed by atoms with van der Waals surface area (Å²) in [6, 6.07) is 13.7. The van der Waals surface area contributed by atoms with E-state index in [0.29, 0.717) is 13.1 Å². The van der Waals surface area contributed by atoms with Crippen molar-refractivity contribution in [3.63, 3.8) is 0 Å². The molecule has 0 aliphatic rings. The number of amides is 2. The Labute approximate surface area is 166 Å². The number of benzene rings is 2. The molecule has 0 spiro atoms. The predicted molar refractivity (Wildman–Crippen MR) is 111 cm³/mol. The first-order chi connectivity index (χ1) is 13.4. The molecule has 0 saturated carbocycles. The Morgan fingerprint density at radius 1 is 0.964 bits per heavy atom. The van der Waals surface area contributed by atoms with Crippen LogP contribution in [0, 0.1) is 5.82 Å². The Morgan fingerprint density at radius 3 is 2.11 bits per heavy atom. The minimum absolute atomic E-state index is 0.124. The topological polar surface area (TPSA) is 52.7 Å². The van der Waals surface area contributed by atoms with Gasteiger partial charge in [-0.05, 0) is 55.8 Å². The number of nitrogens with zero attached hydrogens (tertiary/aromatic N) is 2. The number of carbonyl (C=O) groups is 2.